The van der Waals surface area contributed by atoms with Gasteiger partial charge in [-0.15, -0.1) is 0 Å². The smallest absolute Gasteiger partial charge is 0.321 e. The fourth-order valence-electron chi connectivity index (χ4n) is 6.26. The molecule has 0 saturated carbocycles. The number of amides is 3. The maximum absolute atomic E-state index is 14.3. The second kappa shape index (κ2) is 17.2. The van der Waals surface area contributed by atoms with Crippen LogP contribution in [0.4, 0.5) is 4.79 Å². The van der Waals surface area contributed by atoms with E-state index in [4.69, 9.17) is 5.21 Å². The maximum Gasteiger partial charge on any atom is 0.321 e. The summed E-state index contributed by atoms with van der Waals surface area (Å²) in [6.07, 6.45) is 0.0806. The number of nitrogens with one attached hydrogen (secondary N) is 1. The molecule has 1 fully saturated rings. The molecular formula is C37H50N6O7S. The van der Waals surface area contributed by atoms with Crippen molar-refractivity contribution in [2.24, 2.45) is 16.5 Å². The molecule has 2 heterocycles. The molecule has 1 saturated heterocycles. The minimum Gasteiger partial charge on any atom is -0.411 e. The first-order valence-electron chi connectivity index (χ1n) is 17.0. The predicted octanol–water partition coefficient (Wildman–Crippen LogP) is 3.47. The van der Waals surface area contributed by atoms with Crippen LogP contribution in [0.15, 0.2) is 82.8 Å². The predicted molar refractivity (Wildman–Crippen MR) is 193 cm³/mol. The van der Waals surface area contributed by atoms with E-state index in [2.05, 4.69) is 15.5 Å². The van der Waals surface area contributed by atoms with Gasteiger partial charge in [-0.05, 0) is 53.1 Å². The molecule has 1 aliphatic heterocycles. The van der Waals surface area contributed by atoms with Crippen LogP contribution in [0.3, 0.4) is 0 Å². The highest BCUT2D eigenvalue weighted by atomic mass is 32.2. The molecule has 1 aromatic heterocycles. The summed E-state index contributed by atoms with van der Waals surface area (Å²) in [5, 5.41) is 36.1. The van der Waals surface area contributed by atoms with E-state index in [-0.39, 0.29) is 49.5 Å². The number of aliphatic hydroxyl groups is 2. The molecule has 0 aliphatic carbocycles. The molecule has 0 bridgehead atoms. The lowest BCUT2D eigenvalue weighted by Gasteiger charge is -2.38. The Morgan fingerprint density at radius 2 is 1.67 bits per heavy atom. The summed E-state index contributed by atoms with van der Waals surface area (Å²) in [7, 11) is -4.08. The Kier molecular flexibility index (Phi) is 13.3. The van der Waals surface area contributed by atoms with Crippen molar-refractivity contribution in [1.82, 2.24) is 24.4 Å². The number of rotatable bonds is 16. The van der Waals surface area contributed by atoms with Gasteiger partial charge in [-0.2, -0.15) is 4.31 Å². The van der Waals surface area contributed by atoms with Crippen molar-refractivity contribution in [1.29, 1.82) is 0 Å². The molecule has 0 radical (unpaired) electrons. The van der Waals surface area contributed by atoms with Crippen molar-refractivity contribution >= 4 is 28.2 Å². The Hall–Kier alpha value is -4.37. The molecule has 1 aliphatic rings. The van der Waals surface area contributed by atoms with Gasteiger partial charge in [-0.3, -0.25) is 9.78 Å². The van der Waals surface area contributed by atoms with Gasteiger partial charge in [-0.25, -0.2) is 13.2 Å². The number of pyridine rings is 1. The van der Waals surface area contributed by atoms with Gasteiger partial charge in [0, 0.05) is 26.2 Å². The lowest BCUT2D eigenvalue weighted by atomic mass is 9.84. The zero-order valence-corrected chi connectivity index (χ0v) is 30.7. The first-order valence-corrected chi connectivity index (χ1v) is 18.5. The number of nitrogens with zero attached hydrogens (tertiary/aromatic N) is 5. The topological polar surface area (TPSA) is 176 Å². The average Bonchev–Trinajstić information content (AvgIpc) is 3.42. The molecule has 4 rings (SSSR count). The van der Waals surface area contributed by atoms with E-state index in [0.717, 1.165) is 5.56 Å². The van der Waals surface area contributed by atoms with Crippen molar-refractivity contribution in [2.75, 3.05) is 26.2 Å². The summed E-state index contributed by atoms with van der Waals surface area (Å²) in [5.74, 6) is -0.539. The number of benzene rings is 2. The zero-order chi connectivity index (χ0) is 37.3. The molecular weight excluding hydrogens is 673 g/mol. The van der Waals surface area contributed by atoms with E-state index in [0.29, 0.717) is 30.0 Å². The lowest BCUT2D eigenvalue weighted by Crippen LogP contribution is -2.59. The second-order valence-corrected chi connectivity index (χ2v) is 16.3. The highest BCUT2D eigenvalue weighted by molar-refractivity contribution is 7.89. The number of aromatic nitrogens is 1. The standard InChI is InChI=1S/C37H50N6O7S/c1-26(2)22-42(51(49,50)31-16-14-28(15-17-31)21-38-48)24-33(45)32(20-27-10-7-6-8-11-27)40-35(46)34(37(3,4)5)43-19-18-41(36(43)47)23-29-12-9-13-30(25-44)39-29/h6-17,21,26,32-34,44-45,48H,18-20,22-25H2,1-5H3,(H,40,46)/b38-21+/t32-,33+,34?/m0/s1. The fraction of sp³-hybridized carbons (Fsp3) is 0.459. The summed E-state index contributed by atoms with van der Waals surface area (Å²) in [5.41, 5.74) is 1.76. The van der Waals surface area contributed by atoms with Gasteiger partial charge in [0.25, 0.3) is 0 Å². The van der Waals surface area contributed by atoms with E-state index >= 15 is 0 Å². The monoisotopic (exact) mass is 722 g/mol. The van der Waals surface area contributed by atoms with Crippen molar-refractivity contribution in [3.63, 3.8) is 0 Å². The Morgan fingerprint density at radius 1 is 1.00 bits per heavy atom. The second-order valence-electron chi connectivity index (χ2n) is 14.3. The molecule has 3 aromatic rings. The third kappa shape index (κ3) is 10.3. The van der Waals surface area contributed by atoms with E-state index in [1.807, 2.05) is 65.0 Å². The van der Waals surface area contributed by atoms with Crippen LogP contribution in [0.2, 0.25) is 0 Å². The van der Waals surface area contributed by atoms with Crippen LogP contribution in [0.25, 0.3) is 0 Å². The quantitative estimate of drug-likeness (QED) is 0.0988. The minimum absolute atomic E-state index is 0.0114. The molecule has 276 valence electrons. The van der Waals surface area contributed by atoms with Crippen LogP contribution >= 0.6 is 0 Å². The number of carbonyl (C=O) groups excluding carboxylic acids is 2. The highest BCUT2D eigenvalue weighted by Gasteiger charge is 2.44. The number of aliphatic hydroxyl groups excluding tert-OH is 2. The van der Waals surface area contributed by atoms with Gasteiger partial charge in [-0.1, -0.05) is 88.3 Å². The van der Waals surface area contributed by atoms with E-state index in [1.165, 1.54) is 39.7 Å². The molecule has 4 N–H and O–H groups in total. The van der Waals surface area contributed by atoms with Crippen LogP contribution in [0, 0.1) is 11.3 Å². The molecule has 3 atom stereocenters. The van der Waals surface area contributed by atoms with Gasteiger partial charge < -0.3 is 30.5 Å². The lowest BCUT2D eigenvalue weighted by molar-refractivity contribution is -0.130. The van der Waals surface area contributed by atoms with Crippen LogP contribution in [-0.2, 0) is 34.4 Å². The van der Waals surface area contributed by atoms with E-state index in [9.17, 15) is 28.2 Å². The molecule has 2 aromatic carbocycles. The number of oxime groups is 1. The summed E-state index contributed by atoms with van der Waals surface area (Å²) >= 11 is 0. The molecule has 51 heavy (non-hydrogen) atoms. The van der Waals surface area contributed by atoms with Crippen LogP contribution < -0.4 is 5.32 Å². The zero-order valence-electron chi connectivity index (χ0n) is 29.9. The Morgan fingerprint density at radius 3 is 2.27 bits per heavy atom. The number of urea groups is 1. The largest absolute Gasteiger partial charge is 0.411 e. The average molecular weight is 723 g/mol. The van der Waals surface area contributed by atoms with Crippen LogP contribution in [0.1, 0.15) is 57.1 Å². The SMILES string of the molecule is CC(C)CN(C[C@@H](O)[C@H](Cc1ccccc1)NC(=O)C(N1CCN(Cc2cccc(CO)n2)C1=O)C(C)(C)C)S(=O)(=O)c1ccc(/C=N/O)cc1. The number of carbonyl (C=O) groups is 2. The highest BCUT2D eigenvalue weighted by Crippen LogP contribution is 2.29. The third-order valence-corrected chi connectivity index (χ3v) is 10.5. The fourth-order valence-corrected chi connectivity index (χ4v) is 7.88. The number of hydrogen-bond donors (Lipinski definition) is 4. The Balaban J connectivity index is 1.60. The summed E-state index contributed by atoms with van der Waals surface area (Å²) in [6, 6.07) is 18.3. The van der Waals surface area contributed by atoms with Crippen molar-refractivity contribution in [2.45, 2.75) is 77.3 Å². The van der Waals surface area contributed by atoms with Gasteiger partial charge in [0.15, 0.2) is 0 Å². The van der Waals surface area contributed by atoms with Crippen molar-refractivity contribution in [3.05, 3.63) is 95.3 Å². The molecule has 1 unspecified atom stereocenters. The molecule has 3 amide bonds. The molecule has 14 heteroatoms. The Bertz CT molecular complexity index is 1750. The normalized spacial score (nSPS) is 15.9. The number of hydrogen-bond acceptors (Lipinski definition) is 9. The molecule has 0 spiro atoms. The summed E-state index contributed by atoms with van der Waals surface area (Å²) in [4.78, 5) is 35.6. The Labute approximate surface area is 300 Å². The first kappa shape index (κ1) is 39.4. The van der Waals surface area contributed by atoms with Crippen molar-refractivity contribution < 1.29 is 33.4 Å². The minimum atomic E-state index is -4.08. The van der Waals surface area contributed by atoms with E-state index < -0.39 is 39.5 Å². The van der Waals surface area contributed by atoms with Crippen LogP contribution in [0.5, 0.6) is 0 Å². The maximum atomic E-state index is 14.3. The van der Waals surface area contributed by atoms with Gasteiger partial charge >= 0.3 is 6.03 Å². The number of sulfonamides is 1. The van der Waals surface area contributed by atoms with Crippen LogP contribution in [-0.4, -0.2) is 105 Å². The van der Waals surface area contributed by atoms with Crippen molar-refractivity contribution in [3.8, 4) is 0 Å². The molecule has 13 nitrogen and oxygen atoms in total. The van der Waals surface area contributed by atoms with Gasteiger partial charge in [0.05, 0.1) is 47.8 Å². The van der Waals surface area contributed by atoms with Gasteiger partial charge in [0.1, 0.15) is 6.04 Å². The van der Waals surface area contributed by atoms with Gasteiger partial charge in [0.2, 0.25) is 15.9 Å². The third-order valence-electron chi connectivity index (χ3n) is 8.66. The summed E-state index contributed by atoms with van der Waals surface area (Å²) in [6.45, 7) is 9.85. The van der Waals surface area contributed by atoms with E-state index in [1.54, 1.807) is 23.1 Å². The first-order chi connectivity index (χ1) is 24.1. The summed E-state index contributed by atoms with van der Waals surface area (Å²) < 4.78 is 29.0.